The second kappa shape index (κ2) is 12.5. The van der Waals surface area contributed by atoms with E-state index in [1.807, 2.05) is 0 Å². The first-order valence-electron chi connectivity index (χ1n) is 13.5. The first kappa shape index (κ1) is 31.9. The maximum absolute atomic E-state index is 14.5. The summed E-state index contributed by atoms with van der Waals surface area (Å²) in [5, 5.41) is 5.56. The number of aromatic nitrogens is 2. The molecule has 0 spiro atoms. The van der Waals surface area contributed by atoms with Gasteiger partial charge < -0.3 is 10.6 Å². The maximum Gasteiger partial charge on any atom is 0.416 e. The molecule has 45 heavy (non-hydrogen) atoms. The first-order valence-corrected chi connectivity index (χ1v) is 14.9. The molecule has 0 radical (unpaired) electrons. The molecule has 2 N–H and O–H groups in total. The number of alkyl halides is 5. The topological polar surface area (TPSA) is 104 Å². The molecule has 236 valence electrons. The van der Waals surface area contributed by atoms with Gasteiger partial charge in [0.2, 0.25) is 15.9 Å². The van der Waals surface area contributed by atoms with Gasteiger partial charge in [-0.2, -0.15) is 17.5 Å². The van der Waals surface area contributed by atoms with E-state index in [1.165, 1.54) is 18.2 Å². The van der Waals surface area contributed by atoms with Gasteiger partial charge in [0.1, 0.15) is 17.7 Å². The van der Waals surface area contributed by atoms with E-state index >= 15 is 0 Å². The number of sulfonamides is 1. The summed E-state index contributed by atoms with van der Waals surface area (Å²) in [5.74, 6) is -4.93. The summed E-state index contributed by atoms with van der Waals surface area (Å²) >= 11 is 0. The SMILES string of the molecule is O=C(NCc1cc(NCc2ccccn2)nc(-c2ccc(C(F)(F)F)cc2)c1)[C@@H]1CC(F)(F)CN1S(=O)(=O)c1ccc(F)cc1. The summed E-state index contributed by atoms with van der Waals surface area (Å²) in [7, 11) is -4.58. The van der Waals surface area contributed by atoms with Crippen molar-refractivity contribution in [3.8, 4) is 11.3 Å². The number of hydrogen-bond donors (Lipinski definition) is 2. The minimum absolute atomic E-state index is 0.240. The van der Waals surface area contributed by atoms with Crippen molar-refractivity contribution in [2.45, 2.75) is 42.5 Å². The Kier molecular flexibility index (Phi) is 8.85. The van der Waals surface area contributed by atoms with Crippen LogP contribution in [0.2, 0.25) is 0 Å². The molecule has 0 aliphatic carbocycles. The van der Waals surface area contributed by atoms with Gasteiger partial charge in [-0.1, -0.05) is 18.2 Å². The molecule has 1 aliphatic rings. The van der Waals surface area contributed by atoms with Gasteiger partial charge in [0.25, 0.3) is 5.92 Å². The molecule has 0 bridgehead atoms. The molecule has 2 aromatic carbocycles. The third-order valence-electron chi connectivity index (χ3n) is 6.99. The van der Waals surface area contributed by atoms with E-state index in [4.69, 9.17) is 0 Å². The minimum atomic E-state index is -4.58. The fourth-order valence-electron chi connectivity index (χ4n) is 4.75. The van der Waals surface area contributed by atoms with Gasteiger partial charge in [-0.05, 0) is 66.2 Å². The van der Waals surface area contributed by atoms with Crippen molar-refractivity contribution in [3.05, 3.63) is 108 Å². The molecule has 3 heterocycles. The predicted molar refractivity (Wildman–Crippen MR) is 152 cm³/mol. The normalized spacial score (nSPS) is 16.8. The number of carbonyl (C=O) groups is 1. The highest BCUT2D eigenvalue weighted by molar-refractivity contribution is 7.89. The van der Waals surface area contributed by atoms with Crippen LogP contribution in [0.4, 0.5) is 32.2 Å². The maximum atomic E-state index is 14.5. The van der Waals surface area contributed by atoms with Crippen molar-refractivity contribution in [2.24, 2.45) is 0 Å². The highest BCUT2D eigenvalue weighted by Gasteiger charge is 2.52. The summed E-state index contributed by atoms with van der Waals surface area (Å²) in [6, 6.07) is 14.5. The molecular formula is C30H25F6N5O3S. The van der Waals surface area contributed by atoms with Crippen LogP contribution >= 0.6 is 0 Å². The Hall–Kier alpha value is -4.50. The average Bonchev–Trinajstić information content (AvgIpc) is 3.35. The molecule has 15 heteroatoms. The van der Waals surface area contributed by atoms with Crippen molar-refractivity contribution >= 4 is 21.7 Å². The number of rotatable bonds is 9. The Balaban J connectivity index is 1.39. The lowest BCUT2D eigenvalue weighted by Gasteiger charge is -2.23. The molecule has 0 unspecified atom stereocenters. The molecular weight excluding hydrogens is 624 g/mol. The summed E-state index contributed by atoms with van der Waals surface area (Å²) in [6.45, 7) is -1.25. The quantitative estimate of drug-likeness (QED) is 0.228. The van der Waals surface area contributed by atoms with Gasteiger partial charge in [0.15, 0.2) is 0 Å². The number of nitrogens with zero attached hydrogens (tertiary/aromatic N) is 3. The molecule has 1 amide bonds. The fourth-order valence-corrected chi connectivity index (χ4v) is 6.37. The van der Waals surface area contributed by atoms with Gasteiger partial charge in [-0.3, -0.25) is 9.78 Å². The smallest absolute Gasteiger partial charge is 0.364 e. The van der Waals surface area contributed by atoms with Crippen LogP contribution in [0.5, 0.6) is 0 Å². The van der Waals surface area contributed by atoms with E-state index in [0.29, 0.717) is 21.1 Å². The molecule has 1 fully saturated rings. The standard InChI is InChI=1S/C30H25F6N5O3S/c31-22-8-10-24(11-9-22)45(43,44)41-18-29(32,33)15-26(41)28(42)39-16-19-13-25(20-4-6-21(7-5-20)30(34,35)36)40-27(14-19)38-17-23-3-1-2-12-37-23/h1-14,26H,15-18H2,(H,38,40)(H,39,42)/t26-/m0/s1. The molecule has 0 saturated carbocycles. The zero-order chi connectivity index (χ0) is 32.4. The van der Waals surface area contributed by atoms with Crippen LogP contribution in [0.25, 0.3) is 11.3 Å². The molecule has 8 nitrogen and oxygen atoms in total. The number of nitrogens with one attached hydrogen (secondary N) is 2. The van der Waals surface area contributed by atoms with E-state index in [-0.39, 0.29) is 24.6 Å². The molecule has 1 atom stereocenters. The number of hydrogen-bond acceptors (Lipinski definition) is 6. The lowest BCUT2D eigenvalue weighted by molar-refractivity contribution is -0.137. The number of amides is 1. The van der Waals surface area contributed by atoms with Crippen LogP contribution in [0, 0.1) is 5.82 Å². The van der Waals surface area contributed by atoms with Gasteiger partial charge in [0.05, 0.1) is 34.9 Å². The molecule has 5 rings (SSSR count). The second-order valence-corrected chi connectivity index (χ2v) is 12.2. The van der Waals surface area contributed by atoms with Crippen molar-refractivity contribution in [1.29, 1.82) is 0 Å². The van der Waals surface area contributed by atoms with Crippen LogP contribution in [0.3, 0.4) is 0 Å². The highest BCUT2D eigenvalue weighted by atomic mass is 32.2. The Bertz CT molecular complexity index is 1770. The van der Waals surface area contributed by atoms with Crippen molar-refractivity contribution in [3.63, 3.8) is 0 Å². The molecule has 1 aliphatic heterocycles. The average molecular weight is 650 g/mol. The van der Waals surface area contributed by atoms with Crippen molar-refractivity contribution < 1.29 is 39.6 Å². The summed E-state index contributed by atoms with van der Waals surface area (Å²) in [6.07, 6.45) is -4.01. The van der Waals surface area contributed by atoms with E-state index in [2.05, 4.69) is 20.6 Å². The van der Waals surface area contributed by atoms with E-state index in [9.17, 15) is 39.6 Å². The van der Waals surface area contributed by atoms with Crippen LogP contribution in [-0.4, -0.2) is 47.1 Å². The second-order valence-electron chi connectivity index (χ2n) is 10.3. The zero-order valence-corrected chi connectivity index (χ0v) is 24.0. The summed E-state index contributed by atoms with van der Waals surface area (Å²) in [4.78, 5) is 21.4. The number of benzene rings is 2. The number of anilines is 1. The van der Waals surface area contributed by atoms with E-state index < -0.39 is 63.3 Å². The van der Waals surface area contributed by atoms with Crippen LogP contribution < -0.4 is 10.6 Å². The monoisotopic (exact) mass is 649 g/mol. The van der Waals surface area contributed by atoms with Crippen molar-refractivity contribution in [2.75, 3.05) is 11.9 Å². The number of pyridine rings is 2. The Labute approximate surface area is 254 Å². The van der Waals surface area contributed by atoms with Crippen LogP contribution in [0.1, 0.15) is 23.2 Å². The predicted octanol–water partition coefficient (Wildman–Crippen LogP) is 5.63. The Morgan fingerprint density at radius 3 is 2.33 bits per heavy atom. The molecule has 4 aromatic rings. The summed E-state index contributed by atoms with van der Waals surface area (Å²) in [5.41, 5.74) is 0.806. The number of carbonyl (C=O) groups excluding carboxylic acids is 1. The molecule has 2 aromatic heterocycles. The lowest BCUT2D eigenvalue weighted by Crippen LogP contribution is -2.45. The first-order chi connectivity index (χ1) is 21.2. The van der Waals surface area contributed by atoms with Gasteiger partial charge >= 0.3 is 6.18 Å². The fraction of sp³-hybridized carbons (Fsp3) is 0.233. The summed E-state index contributed by atoms with van der Waals surface area (Å²) < 4.78 is 108. The van der Waals surface area contributed by atoms with E-state index in [1.54, 1.807) is 30.5 Å². The van der Waals surface area contributed by atoms with Gasteiger partial charge in [0, 0.05) is 24.7 Å². The minimum Gasteiger partial charge on any atom is -0.364 e. The molecule has 1 saturated heterocycles. The highest BCUT2D eigenvalue weighted by Crippen LogP contribution is 2.36. The van der Waals surface area contributed by atoms with Crippen LogP contribution in [-0.2, 0) is 34.1 Å². The zero-order valence-electron chi connectivity index (χ0n) is 23.2. The third kappa shape index (κ3) is 7.60. The third-order valence-corrected chi connectivity index (χ3v) is 8.86. The van der Waals surface area contributed by atoms with Crippen LogP contribution in [0.15, 0.2) is 90.0 Å². The van der Waals surface area contributed by atoms with Crippen molar-refractivity contribution in [1.82, 2.24) is 19.6 Å². The van der Waals surface area contributed by atoms with E-state index in [0.717, 1.165) is 36.4 Å². The Morgan fingerprint density at radius 1 is 0.978 bits per heavy atom. The lowest BCUT2D eigenvalue weighted by atomic mass is 10.1. The Morgan fingerprint density at radius 2 is 1.69 bits per heavy atom. The number of halogens is 6. The van der Waals surface area contributed by atoms with Gasteiger partial charge in [-0.15, -0.1) is 0 Å². The van der Waals surface area contributed by atoms with Gasteiger partial charge in [-0.25, -0.2) is 26.6 Å². The largest absolute Gasteiger partial charge is 0.416 e.